The van der Waals surface area contributed by atoms with Crippen molar-refractivity contribution in [2.75, 3.05) is 19.6 Å². The van der Waals surface area contributed by atoms with Gasteiger partial charge in [-0.1, -0.05) is 47.0 Å². The Bertz CT molecular complexity index is 1120. The number of phenols is 1. The number of rotatable bonds is 8. The van der Waals surface area contributed by atoms with Gasteiger partial charge in [0.2, 0.25) is 0 Å². The molecular formula is C36H58N4O2S. The zero-order valence-corrected chi connectivity index (χ0v) is 28.6. The van der Waals surface area contributed by atoms with E-state index in [0.29, 0.717) is 18.5 Å². The molecule has 2 aliphatic heterocycles. The first-order valence-corrected chi connectivity index (χ1v) is 17.9. The molecule has 0 amide bonds. The minimum absolute atomic E-state index is 0.227. The number of hydrogen-bond acceptors (Lipinski definition) is 7. The zero-order chi connectivity index (χ0) is 31.2. The van der Waals surface area contributed by atoms with Crippen molar-refractivity contribution in [3.8, 4) is 16.3 Å². The summed E-state index contributed by atoms with van der Waals surface area (Å²) in [6.45, 7) is 17.5. The van der Waals surface area contributed by atoms with Gasteiger partial charge in [0, 0.05) is 53.3 Å². The lowest BCUT2D eigenvalue weighted by atomic mass is 9.90. The predicted octanol–water partition coefficient (Wildman–Crippen LogP) is 8.34. The number of fused-ring (bicyclic) bond motifs is 1. The van der Waals surface area contributed by atoms with Crippen molar-refractivity contribution in [2.45, 2.75) is 137 Å². The van der Waals surface area contributed by atoms with Crippen LogP contribution in [0.2, 0.25) is 0 Å². The van der Waals surface area contributed by atoms with Crippen LogP contribution in [0.1, 0.15) is 116 Å². The minimum atomic E-state index is 0.227. The van der Waals surface area contributed by atoms with Gasteiger partial charge in [0.25, 0.3) is 0 Å². The van der Waals surface area contributed by atoms with Gasteiger partial charge >= 0.3 is 0 Å². The number of carbonyl (C=O) groups is 1. The highest BCUT2D eigenvalue weighted by Crippen LogP contribution is 2.34. The number of hydrogen-bond donors (Lipinski definition) is 2. The van der Waals surface area contributed by atoms with Crippen LogP contribution in [0.25, 0.3) is 10.6 Å². The molecule has 1 aromatic heterocycles. The first-order valence-electron chi connectivity index (χ1n) is 17.1. The molecule has 2 N–H and O–H groups in total. The predicted molar refractivity (Wildman–Crippen MR) is 183 cm³/mol. The zero-order valence-electron chi connectivity index (χ0n) is 27.8. The van der Waals surface area contributed by atoms with Crippen LogP contribution in [0.3, 0.4) is 0 Å². The normalized spacial score (nSPS) is 19.4. The molecule has 6 nitrogen and oxygen atoms in total. The van der Waals surface area contributed by atoms with Crippen molar-refractivity contribution < 1.29 is 9.90 Å². The fourth-order valence-electron chi connectivity index (χ4n) is 5.86. The fraction of sp³-hybridized carbons (Fsp3) is 0.667. The number of thiazole rings is 1. The summed E-state index contributed by atoms with van der Waals surface area (Å²) in [5.74, 6) is 0.498. The average molecular weight is 611 g/mol. The van der Waals surface area contributed by atoms with E-state index in [0.717, 1.165) is 41.8 Å². The van der Waals surface area contributed by atoms with Gasteiger partial charge < -0.3 is 20.2 Å². The maximum Gasteiger partial charge on any atom is 0.163 e. The topological polar surface area (TPSA) is 68.7 Å². The van der Waals surface area contributed by atoms with Crippen LogP contribution in [-0.2, 0) is 17.8 Å². The SMILES string of the molecule is C1CCN(C2CCC2)CC1.CC.CCCC(C)NC(C)CC.O=C1C=C(N2CCc3nc(-c4ccc(O)cc4)sc3C2)C1. The molecule has 0 spiro atoms. The van der Waals surface area contributed by atoms with Gasteiger partial charge in [0.05, 0.1) is 18.7 Å². The highest BCUT2D eigenvalue weighted by molar-refractivity contribution is 7.15. The number of phenolic OH excluding ortho intramolecular Hbond substituents is 1. The second kappa shape index (κ2) is 18.6. The molecule has 0 bridgehead atoms. The number of aromatic nitrogens is 1. The summed E-state index contributed by atoms with van der Waals surface area (Å²) in [5.41, 5.74) is 3.37. The Kier molecular flexibility index (Phi) is 15.2. The molecule has 6 rings (SSSR count). The van der Waals surface area contributed by atoms with Gasteiger partial charge in [-0.3, -0.25) is 4.79 Å². The molecule has 1 saturated heterocycles. The van der Waals surface area contributed by atoms with Crippen LogP contribution in [0.15, 0.2) is 36.0 Å². The Labute approximate surface area is 266 Å². The Morgan fingerprint density at radius 2 is 1.67 bits per heavy atom. The Morgan fingerprint density at radius 3 is 2.23 bits per heavy atom. The van der Waals surface area contributed by atoms with E-state index in [1.807, 2.05) is 26.0 Å². The van der Waals surface area contributed by atoms with Crippen LogP contribution < -0.4 is 5.32 Å². The number of benzene rings is 1. The lowest BCUT2D eigenvalue weighted by Crippen LogP contribution is -2.42. The molecule has 4 aliphatic rings. The molecule has 2 aromatic rings. The molecule has 1 saturated carbocycles. The standard InChI is InChI=1S/C16H14N2O2S.C9H17N.C9H21N.C2H6/c19-12-3-1-10(2-4-12)16-17-14-5-6-18(9-15(14)21-16)11-7-13(20)8-11;1-2-7-10(8-3-1)9-5-4-6-9;1-5-7-9(4)10-8(3)6-2;1-2/h1-4,7,19H,5-6,8-9H2;9H,1-8H2;8-10H,5-7H2,1-4H3;1-2H3. The molecule has 2 atom stereocenters. The van der Waals surface area contributed by atoms with Crippen molar-refractivity contribution in [1.29, 1.82) is 0 Å². The largest absolute Gasteiger partial charge is 0.508 e. The second-order valence-corrected chi connectivity index (χ2v) is 13.3. The third kappa shape index (κ3) is 11.0. The fourth-order valence-corrected chi connectivity index (χ4v) is 6.99. The van der Waals surface area contributed by atoms with E-state index in [2.05, 4.69) is 42.8 Å². The van der Waals surface area contributed by atoms with Gasteiger partial charge in [0.1, 0.15) is 10.8 Å². The molecule has 2 unspecified atom stereocenters. The van der Waals surface area contributed by atoms with Gasteiger partial charge in [-0.05, 0) is 89.7 Å². The van der Waals surface area contributed by atoms with Crippen molar-refractivity contribution in [3.63, 3.8) is 0 Å². The Hall–Kier alpha value is -2.22. The summed E-state index contributed by atoms with van der Waals surface area (Å²) in [6.07, 6.45) is 15.9. The third-order valence-corrected chi connectivity index (χ3v) is 9.95. The summed E-state index contributed by atoms with van der Waals surface area (Å²) in [6, 6.07) is 9.54. The van der Waals surface area contributed by atoms with Crippen molar-refractivity contribution in [1.82, 2.24) is 20.1 Å². The molecule has 7 heteroatoms. The van der Waals surface area contributed by atoms with Gasteiger partial charge in [-0.15, -0.1) is 11.3 Å². The first-order chi connectivity index (χ1) is 20.9. The highest BCUT2D eigenvalue weighted by atomic mass is 32.1. The number of piperidine rings is 1. The highest BCUT2D eigenvalue weighted by Gasteiger charge is 2.27. The van der Waals surface area contributed by atoms with E-state index in [1.165, 1.54) is 81.4 Å². The van der Waals surface area contributed by atoms with Gasteiger partial charge in [-0.25, -0.2) is 4.98 Å². The summed E-state index contributed by atoms with van der Waals surface area (Å²) >= 11 is 1.70. The summed E-state index contributed by atoms with van der Waals surface area (Å²) in [7, 11) is 0. The van der Waals surface area contributed by atoms with Crippen molar-refractivity contribution >= 4 is 17.1 Å². The number of allylic oxidation sites excluding steroid dienone is 2. The van der Waals surface area contributed by atoms with Crippen molar-refractivity contribution in [2.24, 2.45) is 0 Å². The molecule has 0 radical (unpaired) electrons. The summed E-state index contributed by atoms with van der Waals surface area (Å²) in [4.78, 5) is 22.1. The van der Waals surface area contributed by atoms with Gasteiger partial charge in [0.15, 0.2) is 5.78 Å². The quantitative estimate of drug-likeness (QED) is 0.313. The lowest BCUT2D eigenvalue weighted by Gasteiger charge is -2.39. The van der Waals surface area contributed by atoms with Crippen LogP contribution >= 0.6 is 11.3 Å². The molecule has 2 aliphatic carbocycles. The maximum absolute atomic E-state index is 11.1. The van der Waals surface area contributed by atoms with Gasteiger partial charge in [-0.2, -0.15) is 0 Å². The van der Waals surface area contributed by atoms with Crippen LogP contribution in [0, 0.1) is 0 Å². The summed E-state index contributed by atoms with van der Waals surface area (Å²) in [5, 5.41) is 13.9. The molecule has 3 heterocycles. The molecule has 1 aromatic carbocycles. The molecule has 240 valence electrons. The van der Waals surface area contributed by atoms with Crippen LogP contribution in [0.5, 0.6) is 5.75 Å². The van der Waals surface area contributed by atoms with E-state index >= 15 is 0 Å². The molecule has 43 heavy (non-hydrogen) atoms. The van der Waals surface area contributed by atoms with Crippen LogP contribution in [0.4, 0.5) is 0 Å². The second-order valence-electron chi connectivity index (χ2n) is 12.2. The minimum Gasteiger partial charge on any atom is -0.508 e. The summed E-state index contributed by atoms with van der Waals surface area (Å²) < 4.78 is 0. The Morgan fingerprint density at radius 1 is 1.00 bits per heavy atom. The number of nitrogens with one attached hydrogen (secondary N) is 1. The number of carbonyl (C=O) groups excluding carboxylic acids is 1. The maximum atomic E-state index is 11.1. The molecular weight excluding hydrogens is 552 g/mol. The Balaban J connectivity index is 0.000000194. The number of aromatic hydroxyl groups is 1. The monoisotopic (exact) mass is 610 g/mol. The smallest absolute Gasteiger partial charge is 0.163 e. The molecule has 2 fully saturated rings. The van der Waals surface area contributed by atoms with E-state index in [4.69, 9.17) is 4.98 Å². The van der Waals surface area contributed by atoms with Crippen molar-refractivity contribution in [3.05, 3.63) is 46.6 Å². The first kappa shape index (κ1) is 35.3. The number of ketones is 1. The third-order valence-electron chi connectivity index (χ3n) is 8.82. The van der Waals surface area contributed by atoms with Crippen LogP contribution in [-0.4, -0.2) is 63.4 Å². The van der Waals surface area contributed by atoms with E-state index in [9.17, 15) is 9.90 Å². The van der Waals surface area contributed by atoms with E-state index < -0.39 is 0 Å². The van der Waals surface area contributed by atoms with E-state index in [-0.39, 0.29) is 11.5 Å². The average Bonchev–Trinajstić information content (AvgIpc) is 3.41. The lowest BCUT2D eigenvalue weighted by molar-refractivity contribution is -0.116. The number of likely N-dealkylation sites (tertiary alicyclic amines) is 1. The van der Waals surface area contributed by atoms with E-state index in [1.54, 1.807) is 29.5 Å². The number of nitrogens with zero attached hydrogens (tertiary/aromatic N) is 3.